The number of ether oxygens (including phenoxy) is 3. The van der Waals surface area contributed by atoms with Gasteiger partial charge < -0.3 is 0 Å². The summed E-state index contributed by atoms with van der Waals surface area (Å²) in [5, 5.41) is 11.7. The molecule has 7 heteroatoms. The van der Waals surface area contributed by atoms with Crippen molar-refractivity contribution in [1.82, 2.24) is 0 Å². The van der Waals surface area contributed by atoms with Crippen molar-refractivity contribution in [3.63, 3.8) is 0 Å². The molecule has 1 N–H and O–H groups in total. The van der Waals surface area contributed by atoms with Crippen LogP contribution in [0.3, 0.4) is 0 Å². The van der Waals surface area contributed by atoms with Crippen LogP contribution in [0.5, 0.6) is 11.5 Å². The van der Waals surface area contributed by atoms with E-state index in [1.807, 2.05) is 12.1 Å². The number of hydrogen-bond donors (Lipinski definition) is 1. The second kappa shape index (κ2) is 13.0. The van der Waals surface area contributed by atoms with Crippen molar-refractivity contribution >= 4 is 51.5 Å². The molecule has 4 aromatic rings. The van der Waals surface area contributed by atoms with Crippen LogP contribution in [-0.4, -0.2) is 41.4 Å². The molecule has 2 radical (unpaired) electrons. The molecular formula is C33H38BrO4PSi. The quantitative estimate of drug-likeness (QED) is 0.0864. The molecule has 0 aliphatic heterocycles. The summed E-state index contributed by atoms with van der Waals surface area (Å²) >= 11 is 4.55. The molecule has 0 aliphatic rings. The molecule has 0 aromatic heterocycles. The minimum absolute atomic E-state index is 0.181. The summed E-state index contributed by atoms with van der Waals surface area (Å²) in [4.78, 5) is 0. The van der Waals surface area contributed by atoms with E-state index in [1.54, 1.807) is 20.3 Å². The molecule has 0 unspecified atom stereocenters. The van der Waals surface area contributed by atoms with E-state index in [9.17, 15) is 5.11 Å². The Morgan fingerprint density at radius 3 is 1.60 bits per heavy atom. The van der Waals surface area contributed by atoms with Gasteiger partial charge in [0.25, 0.3) is 0 Å². The molecule has 4 nitrogen and oxygen atoms in total. The molecule has 0 bridgehead atoms. The van der Waals surface area contributed by atoms with Crippen LogP contribution in [0.25, 0.3) is 0 Å². The molecule has 210 valence electrons. The molecule has 0 fully saturated rings. The number of aryl methyl sites for hydroxylation is 3. The normalized spacial score (nSPS) is 12.7. The predicted molar refractivity (Wildman–Crippen MR) is 175 cm³/mol. The predicted octanol–water partition coefficient (Wildman–Crippen LogP) is 6.25. The van der Waals surface area contributed by atoms with Crippen LogP contribution >= 0.6 is 20.8 Å². The molecular weight excluding hydrogens is 599 g/mol. The van der Waals surface area contributed by atoms with Gasteiger partial charge in [-0.05, 0) is 0 Å². The van der Waals surface area contributed by atoms with Gasteiger partial charge in [-0.2, -0.15) is 0 Å². The van der Waals surface area contributed by atoms with Crippen LogP contribution < -0.4 is 26.0 Å². The molecule has 4 aromatic carbocycles. The van der Waals surface area contributed by atoms with Gasteiger partial charge in [0.15, 0.2) is 0 Å². The van der Waals surface area contributed by atoms with E-state index in [0.717, 1.165) is 39.4 Å². The first-order valence-corrected chi connectivity index (χ1v) is 19.0. The first kappa shape index (κ1) is 30.5. The molecule has 40 heavy (non-hydrogen) atoms. The van der Waals surface area contributed by atoms with Crippen molar-refractivity contribution in [1.29, 1.82) is 0 Å². The average molecular weight is 638 g/mol. The van der Waals surface area contributed by atoms with Crippen molar-refractivity contribution in [2.24, 2.45) is 0 Å². The summed E-state index contributed by atoms with van der Waals surface area (Å²) in [6, 6.07) is 32.7. The van der Waals surface area contributed by atoms with E-state index in [1.165, 1.54) is 16.7 Å². The first-order valence-electron chi connectivity index (χ1n) is 13.4. The van der Waals surface area contributed by atoms with Crippen LogP contribution in [0.15, 0.2) is 91.0 Å². The third-order valence-electron chi connectivity index (χ3n) is 7.27. The average Bonchev–Trinajstić information content (AvgIpc) is 2.96. The molecule has 0 atom stereocenters. The topological polar surface area (TPSA) is 47.9 Å². The number of benzene rings is 4. The van der Waals surface area contributed by atoms with Gasteiger partial charge in [0.2, 0.25) is 0 Å². The Labute approximate surface area is 249 Å². The Kier molecular flexibility index (Phi) is 9.92. The molecule has 0 heterocycles. The van der Waals surface area contributed by atoms with Gasteiger partial charge in [-0.25, -0.2) is 0 Å². The Hall–Kier alpha value is -2.47. The zero-order valence-corrected chi connectivity index (χ0v) is 27.3. The van der Waals surface area contributed by atoms with Crippen LogP contribution in [0, 0.1) is 20.8 Å². The van der Waals surface area contributed by atoms with Gasteiger partial charge in [0, 0.05) is 0 Å². The molecule has 0 saturated heterocycles. The van der Waals surface area contributed by atoms with Gasteiger partial charge in [-0.1, -0.05) is 0 Å². The van der Waals surface area contributed by atoms with Gasteiger partial charge in [-0.3, -0.25) is 0 Å². The zero-order chi connectivity index (χ0) is 28.8. The number of methoxy groups -OCH3 is 2. The Bertz CT molecular complexity index is 1290. The summed E-state index contributed by atoms with van der Waals surface area (Å²) in [5.41, 5.74) is 3.56. The summed E-state index contributed by atoms with van der Waals surface area (Å²) in [5.74, 6) is 0.776. The Balaban J connectivity index is 1.94. The van der Waals surface area contributed by atoms with Crippen molar-refractivity contribution in [2.45, 2.75) is 39.1 Å². The molecule has 0 spiro atoms. The van der Waals surface area contributed by atoms with Crippen molar-refractivity contribution < 1.29 is 19.3 Å². The van der Waals surface area contributed by atoms with E-state index in [-0.39, 0.29) is 11.7 Å². The summed E-state index contributed by atoms with van der Waals surface area (Å²) in [7, 11) is 3.87. The number of halogens is 1. The molecule has 0 saturated carbocycles. The fourth-order valence-electron chi connectivity index (χ4n) is 5.03. The Morgan fingerprint density at radius 1 is 0.725 bits per heavy atom. The molecule has 0 aliphatic carbocycles. The second-order valence-corrected chi connectivity index (χ2v) is 19.8. The molecule has 4 rings (SSSR count). The number of phenolic OH excluding ortho intramolecular Hbond substituents is 1. The van der Waals surface area contributed by atoms with E-state index in [0.29, 0.717) is 16.1 Å². The van der Waals surface area contributed by atoms with E-state index in [4.69, 9.17) is 14.2 Å². The number of rotatable bonds is 12. The maximum absolute atomic E-state index is 10.9. The zero-order valence-electron chi connectivity index (χ0n) is 23.9. The monoisotopic (exact) mass is 636 g/mol. The summed E-state index contributed by atoms with van der Waals surface area (Å²) in [6.07, 6.45) is 0.861. The molecule has 0 amide bonds. The number of phenols is 1. The fourth-order valence-corrected chi connectivity index (χ4v) is 13.7. The van der Waals surface area contributed by atoms with E-state index < -0.39 is 5.31 Å². The summed E-state index contributed by atoms with van der Waals surface area (Å²) in [6.45, 7) is 6.85. The third kappa shape index (κ3) is 5.93. The SMILES string of the molecule is COC(OC)[Si]CCCOc1ccc(O)cc1P(Br)(c1ccc(C)cc1)(c1ccc(C)cc1)c1ccc(C)cc1. The van der Waals surface area contributed by atoms with Crippen molar-refractivity contribution in [3.05, 3.63) is 108 Å². The number of hydrogen-bond acceptors (Lipinski definition) is 4. The van der Waals surface area contributed by atoms with Crippen LogP contribution in [-0.2, 0) is 9.47 Å². The Morgan fingerprint density at radius 2 is 1.18 bits per heavy atom. The van der Waals surface area contributed by atoms with E-state index >= 15 is 0 Å². The first-order chi connectivity index (χ1) is 19.2. The standard InChI is InChI=1S/C33H38BrO4PSi/c1-24-7-14-28(15-8-24)39(34,29-16-9-25(2)10-17-29,30-18-11-26(3)12-19-30)32-23-27(35)13-20-31(32)38-21-6-22-40-33(36-4)37-5/h7-20,23,33,35H,6,21-22H2,1-5H3. The van der Waals surface area contributed by atoms with Gasteiger partial charge >= 0.3 is 250 Å². The van der Waals surface area contributed by atoms with Crippen LogP contribution in [0.2, 0.25) is 6.04 Å². The van der Waals surface area contributed by atoms with Gasteiger partial charge in [0.1, 0.15) is 0 Å². The van der Waals surface area contributed by atoms with Crippen molar-refractivity contribution in [2.75, 3.05) is 20.8 Å². The maximum atomic E-state index is 10.9. The minimum atomic E-state index is -3.59. The van der Waals surface area contributed by atoms with Crippen LogP contribution in [0.4, 0.5) is 0 Å². The van der Waals surface area contributed by atoms with Crippen molar-refractivity contribution in [3.8, 4) is 11.5 Å². The number of aromatic hydroxyl groups is 1. The van der Waals surface area contributed by atoms with Gasteiger partial charge in [-0.15, -0.1) is 0 Å². The third-order valence-corrected chi connectivity index (χ3v) is 18.6. The van der Waals surface area contributed by atoms with Gasteiger partial charge in [0.05, 0.1) is 0 Å². The fraction of sp³-hybridized carbons (Fsp3) is 0.273. The summed E-state index contributed by atoms with van der Waals surface area (Å²) < 4.78 is 17.3. The second-order valence-electron chi connectivity index (χ2n) is 10.1. The van der Waals surface area contributed by atoms with E-state index in [2.05, 4.69) is 109 Å². The van der Waals surface area contributed by atoms with Crippen LogP contribution in [0.1, 0.15) is 23.1 Å².